The van der Waals surface area contributed by atoms with Gasteiger partial charge in [-0.1, -0.05) is 19.1 Å². The zero-order valence-electron chi connectivity index (χ0n) is 21.5. The zero-order chi connectivity index (χ0) is 28.4. The fourth-order valence-electron chi connectivity index (χ4n) is 4.56. The van der Waals surface area contributed by atoms with Crippen molar-refractivity contribution in [1.29, 1.82) is 0 Å². The van der Waals surface area contributed by atoms with Gasteiger partial charge in [-0.3, -0.25) is 14.0 Å². The summed E-state index contributed by atoms with van der Waals surface area (Å²) in [7, 11) is 0. The lowest BCUT2D eigenvalue weighted by Crippen LogP contribution is -2.42. The Morgan fingerprint density at radius 2 is 1.93 bits per heavy atom. The van der Waals surface area contributed by atoms with Crippen molar-refractivity contribution in [3.05, 3.63) is 71.9 Å². The average molecular weight is 554 g/mol. The van der Waals surface area contributed by atoms with Crippen molar-refractivity contribution in [1.82, 2.24) is 24.3 Å². The molecule has 0 bridgehead atoms. The Morgan fingerprint density at radius 3 is 2.65 bits per heavy atom. The van der Waals surface area contributed by atoms with Gasteiger partial charge in [0.05, 0.1) is 18.7 Å². The third-order valence-corrected chi connectivity index (χ3v) is 6.53. The first-order chi connectivity index (χ1) is 19.2. The van der Waals surface area contributed by atoms with Gasteiger partial charge in [0.15, 0.2) is 0 Å². The number of hydrogen-bond donors (Lipinski definition) is 2. The summed E-state index contributed by atoms with van der Waals surface area (Å²) in [5.41, 5.74) is 7.21. The number of pyridine rings is 1. The van der Waals surface area contributed by atoms with Crippen molar-refractivity contribution in [2.45, 2.75) is 32.0 Å². The molecule has 0 spiro atoms. The van der Waals surface area contributed by atoms with Crippen molar-refractivity contribution < 1.29 is 27.5 Å². The average Bonchev–Trinajstić information content (AvgIpc) is 3.34. The first kappa shape index (κ1) is 27.1. The third kappa shape index (κ3) is 5.45. The van der Waals surface area contributed by atoms with Crippen molar-refractivity contribution in [3.63, 3.8) is 0 Å². The quantitative estimate of drug-likeness (QED) is 0.364. The minimum Gasteiger partial charge on any atom is -0.382 e. The Labute approximate surface area is 227 Å². The maximum absolute atomic E-state index is 13.0. The van der Waals surface area contributed by atoms with Gasteiger partial charge in [-0.25, -0.2) is 15.0 Å². The van der Waals surface area contributed by atoms with E-state index in [0.29, 0.717) is 48.7 Å². The van der Waals surface area contributed by atoms with E-state index in [4.69, 9.17) is 15.5 Å². The van der Waals surface area contributed by atoms with Crippen molar-refractivity contribution in [3.8, 4) is 11.3 Å². The number of carbonyl (C=O) groups is 2. The molecule has 1 aromatic carbocycles. The Balaban J connectivity index is 1.42. The molecule has 0 radical (unpaired) electrons. The van der Waals surface area contributed by atoms with Crippen LogP contribution in [0.25, 0.3) is 16.8 Å². The number of halogens is 3. The molecule has 2 amide bonds. The van der Waals surface area contributed by atoms with Crippen LogP contribution in [0.2, 0.25) is 0 Å². The van der Waals surface area contributed by atoms with Crippen LogP contribution < -0.4 is 11.1 Å². The van der Waals surface area contributed by atoms with Gasteiger partial charge in [0, 0.05) is 42.7 Å². The molecule has 3 aromatic heterocycles. The number of fused-ring (bicyclic) bond motifs is 1. The lowest BCUT2D eigenvalue weighted by atomic mass is 10.1. The predicted molar refractivity (Wildman–Crippen MR) is 140 cm³/mol. The van der Waals surface area contributed by atoms with Gasteiger partial charge < -0.3 is 20.7 Å². The summed E-state index contributed by atoms with van der Waals surface area (Å²) in [6.07, 6.45) is 0.426. The molecule has 5 rings (SSSR count). The summed E-state index contributed by atoms with van der Waals surface area (Å²) in [5.74, 6) is 0.0232. The number of nitrogen functional groups attached to an aromatic ring is 1. The van der Waals surface area contributed by atoms with Crippen LogP contribution in [0.5, 0.6) is 0 Å². The van der Waals surface area contributed by atoms with Gasteiger partial charge in [0.25, 0.3) is 5.91 Å². The number of ether oxygens (including phenoxy) is 1. The zero-order valence-corrected chi connectivity index (χ0v) is 21.5. The number of nitrogens with one attached hydrogen (secondary N) is 1. The number of alkyl halides is 3. The van der Waals surface area contributed by atoms with E-state index < -0.39 is 23.8 Å². The first-order valence-electron chi connectivity index (χ1n) is 12.6. The molecule has 10 nitrogen and oxygen atoms in total. The minimum atomic E-state index is -4.56. The Kier molecular flexibility index (Phi) is 7.39. The number of nitrogens with two attached hydrogens (primary N) is 1. The van der Waals surface area contributed by atoms with E-state index in [-0.39, 0.29) is 23.1 Å². The number of carbonyl (C=O) groups excluding carboxylic acids is 2. The number of rotatable bonds is 6. The van der Waals surface area contributed by atoms with Crippen LogP contribution in [0, 0.1) is 0 Å². The Hall–Kier alpha value is -4.52. The molecular weight excluding hydrogens is 527 g/mol. The van der Waals surface area contributed by atoms with Crippen LogP contribution in [-0.4, -0.2) is 55.8 Å². The van der Waals surface area contributed by atoms with Crippen LogP contribution in [-0.2, 0) is 15.7 Å². The van der Waals surface area contributed by atoms with Crippen molar-refractivity contribution in [2.24, 2.45) is 0 Å². The van der Waals surface area contributed by atoms with Crippen LogP contribution in [0.3, 0.4) is 0 Å². The summed E-state index contributed by atoms with van der Waals surface area (Å²) in [6, 6.07) is 7.96. The van der Waals surface area contributed by atoms with E-state index in [1.807, 2.05) is 6.92 Å². The number of nitrogens with zero attached hydrogens (tertiary/aromatic N) is 5. The SMILES string of the molecule is CCCC(=O)N1CCO[C@H](c2nc(-c3ccc(C(=O)Nc4cc(C(F)(F)F)ccn4)cc3)c3c(N)nccn23)C1. The standard InChI is InChI=1S/C27H26F3N7O3/c1-2-3-21(38)36-12-13-40-19(15-36)25-35-22(23-24(31)33-10-11-37(23)25)16-4-6-17(7-5-16)26(39)34-20-14-18(8-9-32-20)27(28,29)30/h4-11,14,19H,2-3,12-13,15H2,1H3,(H2,31,33)(H,32,34,39)/t19-/m0/s1. The van der Waals surface area contributed by atoms with Crippen LogP contribution in [0.1, 0.15) is 47.6 Å². The first-order valence-corrected chi connectivity index (χ1v) is 12.6. The highest BCUT2D eigenvalue weighted by atomic mass is 19.4. The summed E-state index contributed by atoms with van der Waals surface area (Å²) < 4.78 is 46.8. The lowest BCUT2D eigenvalue weighted by molar-refractivity contribution is -0.139. The molecule has 1 fully saturated rings. The van der Waals surface area contributed by atoms with E-state index in [9.17, 15) is 22.8 Å². The maximum Gasteiger partial charge on any atom is 0.416 e. The van der Waals surface area contributed by atoms with Crippen molar-refractivity contribution >= 4 is 29.0 Å². The molecule has 4 aromatic rings. The van der Waals surface area contributed by atoms with Crippen LogP contribution in [0.15, 0.2) is 55.0 Å². The molecule has 13 heteroatoms. The minimum absolute atomic E-state index is 0.0623. The molecule has 4 heterocycles. The fraction of sp³-hybridized carbons (Fsp3) is 0.296. The molecule has 1 aliphatic heterocycles. The molecule has 40 heavy (non-hydrogen) atoms. The summed E-state index contributed by atoms with van der Waals surface area (Å²) in [4.78, 5) is 39.8. The molecule has 0 unspecified atom stereocenters. The highest BCUT2D eigenvalue weighted by molar-refractivity contribution is 6.04. The molecule has 1 saturated heterocycles. The predicted octanol–water partition coefficient (Wildman–Crippen LogP) is 4.34. The number of aromatic nitrogens is 4. The lowest BCUT2D eigenvalue weighted by Gasteiger charge is -2.32. The van der Waals surface area contributed by atoms with E-state index in [1.165, 1.54) is 12.1 Å². The largest absolute Gasteiger partial charge is 0.416 e. The Morgan fingerprint density at radius 1 is 1.15 bits per heavy atom. The van der Waals surface area contributed by atoms with Gasteiger partial charge in [0.2, 0.25) is 5.91 Å². The van der Waals surface area contributed by atoms with Crippen molar-refractivity contribution in [2.75, 3.05) is 30.7 Å². The number of benzene rings is 1. The van der Waals surface area contributed by atoms with E-state index >= 15 is 0 Å². The second-order valence-corrected chi connectivity index (χ2v) is 9.26. The third-order valence-electron chi connectivity index (χ3n) is 6.53. The second kappa shape index (κ2) is 10.9. The van der Waals surface area contributed by atoms with E-state index in [1.54, 1.807) is 33.8 Å². The molecule has 0 saturated carbocycles. The topological polar surface area (TPSA) is 128 Å². The second-order valence-electron chi connectivity index (χ2n) is 9.26. The molecular formula is C27H26F3N7O3. The highest BCUT2D eigenvalue weighted by Gasteiger charge is 2.31. The smallest absolute Gasteiger partial charge is 0.382 e. The van der Waals surface area contributed by atoms with Crippen LogP contribution in [0.4, 0.5) is 24.8 Å². The van der Waals surface area contributed by atoms with Gasteiger partial charge in [-0.2, -0.15) is 13.2 Å². The maximum atomic E-state index is 13.0. The summed E-state index contributed by atoms with van der Waals surface area (Å²) in [6.45, 7) is 3.18. The number of hydrogen-bond acceptors (Lipinski definition) is 7. The van der Waals surface area contributed by atoms with Crippen LogP contribution >= 0.6 is 0 Å². The number of imidazole rings is 1. The number of anilines is 2. The van der Waals surface area contributed by atoms with Gasteiger partial charge >= 0.3 is 6.18 Å². The molecule has 208 valence electrons. The highest BCUT2D eigenvalue weighted by Crippen LogP contribution is 2.33. The number of amides is 2. The monoisotopic (exact) mass is 553 g/mol. The normalized spacial score (nSPS) is 15.8. The molecule has 1 atom stereocenters. The van der Waals surface area contributed by atoms with Gasteiger partial charge in [-0.15, -0.1) is 0 Å². The molecule has 1 aliphatic rings. The van der Waals surface area contributed by atoms with Gasteiger partial charge in [-0.05, 0) is 30.7 Å². The fourth-order valence-corrected chi connectivity index (χ4v) is 4.56. The van der Waals surface area contributed by atoms with E-state index in [2.05, 4.69) is 15.3 Å². The van der Waals surface area contributed by atoms with Gasteiger partial charge in [0.1, 0.15) is 34.8 Å². The summed E-state index contributed by atoms with van der Waals surface area (Å²) >= 11 is 0. The number of morpholine rings is 1. The molecule has 3 N–H and O–H groups in total. The summed E-state index contributed by atoms with van der Waals surface area (Å²) in [5, 5.41) is 2.39. The van der Waals surface area contributed by atoms with E-state index in [0.717, 1.165) is 24.8 Å². The molecule has 0 aliphatic carbocycles. The Bertz CT molecular complexity index is 1550.